The van der Waals surface area contributed by atoms with Gasteiger partial charge in [0.15, 0.2) is 0 Å². The normalized spacial score (nSPS) is 12.4. The predicted molar refractivity (Wildman–Crippen MR) is 120 cm³/mol. The monoisotopic (exact) mass is 414 g/mol. The number of ether oxygens (including phenoxy) is 5. The predicted octanol–water partition coefficient (Wildman–Crippen LogP) is 6.04. The third kappa shape index (κ3) is 20.0. The van der Waals surface area contributed by atoms with E-state index in [2.05, 4.69) is 27.7 Å². The van der Waals surface area contributed by atoms with Gasteiger partial charge in [-0.2, -0.15) is 0 Å². The van der Waals surface area contributed by atoms with Gasteiger partial charge in [-0.15, -0.1) is 0 Å². The molecule has 172 valence electrons. The largest absolute Gasteiger partial charge is 0.499 e. The van der Waals surface area contributed by atoms with Crippen LogP contribution in [0, 0.1) is 0 Å². The third-order valence-corrected chi connectivity index (χ3v) is 4.55. The van der Waals surface area contributed by atoms with E-state index in [9.17, 15) is 0 Å². The molecule has 0 atom stereocenters. The molecule has 0 amide bonds. The SMILES string of the molecule is CCCC/C(=C/OCCOCCOCCOCCO/C=C(\CC)CCCC)CC. The van der Waals surface area contributed by atoms with E-state index >= 15 is 0 Å². The fourth-order valence-electron chi connectivity index (χ4n) is 2.56. The molecule has 0 spiro atoms. The molecule has 0 saturated carbocycles. The van der Waals surface area contributed by atoms with Gasteiger partial charge in [0.2, 0.25) is 0 Å². The Kier molecular flexibility index (Phi) is 22.4. The molecule has 0 aromatic heterocycles. The molecule has 0 aliphatic heterocycles. The van der Waals surface area contributed by atoms with E-state index in [1.54, 1.807) is 0 Å². The zero-order valence-corrected chi connectivity index (χ0v) is 19.5. The molecule has 0 heterocycles. The molecular formula is C24H46O5. The molecule has 0 aromatic carbocycles. The van der Waals surface area contributed by atoms with Crippen LogP contribution in [0.2, 0.25) is 0 Å². The Morgan fingerprint density at radius 2 is 0.862 bits per heavy atom. The summed E-state index contributed by atoms with van der Waals surface area (Å²) in [6.45, 7) is 13.4. The highest BCUT2D eigenvalue weighted by molar-refractivity contribution is 4.97. The van der Waals surface area contributed by atoms with Crippen molar-refractivity contribution in [2.75, 3.05) is 52.9 Å². The maximum atomic E-state index is 5.55. The molecule has 0 N–H and O–H groups in total. The van der Waals surface area contributed by atoms with Crippen LogP contribution in [0.15, 0.2) is 23.7 Å². The minimum atomic E-state index is 0.576. The van der Waals surface area contributed by atoms with Gasteiger partial charge >= 0.3 is 0 Å². The van der Waals surface area contributed by atoms with Crippen LogP contribution < -0.4 is 0 Å². The van der Waals surface area contributed by atoms with Crippen molar-refractivity contribution >= 4 is 0 Å². The summed E-state index contributed by atoms with van der Waals surface area (Å²) in [5, 5.41) is 0. The molecule has 0 radical (unpaired) electrons. The molecular weight excluding hydrogens is 368 g/mol. The van der Waals surface area contributed by atoms with Crippen molar-refractivity contribution in [1.29, 1.82) is 0 Å². The van der Waals surface area contributed by atoms with E-state index in [4.69, 9.17) is 23.7 Å². The summed E-state index contributed by atoms with van der Waals surface area (Å²) >= 11 is 0. The first-order valence-electron chi connectivity index (χ1n) is 11.6. The maximum absolute atomic E-state index is 5.55. The summed E-state index contributed by atoms with van der Waals surface area (Å²) in [5.41, 5.74) is 2.75. The Morgan fingerprint density at radius 1 is 0.517 bits per heavy atom. The fourth-order valence-corrected chi connectivity index (χ4v) is 2.56. The van der Waals surface area contributed by atoms with Crippen LogP contribution in [0.1, 0.15) is 79.1 Å². The quantitative estimate of drug-likeness (QED) is 0.160. The van der Waals surface area contributed by atoms with E-state index in [1.165, 1.54) is 36.8 Å². The average Bonchev–Trinajstić information content (AvgIpc) is 2.75. The lowest BCUT2D eigenvalue weighted by Crippen LogP contribution is -2.12. The highest BCUT2D eigenvalue weighted by Gasteiger charge is 1.96. The van der Waals surface area contributed by atoms with Crippen LogP contribution in [0.25, 0.3) is 0 Å². The maximum Gasteiger partial charge on any atom is 0.111 e. The molecule has 29 heavy (non-hydrogen) atoms. The molecule has 0 bridgehead atoms. The summed E-state index contributed by atoms with van der Waals surface area (Å²) in [6, 6.07) is 0. The second-order valence-electron chi connectivity index (χ2n) is 7.05. The van der Waals surface area contributed by atoms with Crippen molar-refractivity contribution in [3.63, 3.8) is 0 Å². The van der Waals surface area contributed by atoms with Gasteiger partial charge in [0.1, 0.15) is 13.2 Å². The first-order valence-corrected chi connectivity index (χ1v) is 11.6. The Balaban J connectivity index is 3.37. The lowest BCUT2D eigenvalue weighted by atomic mass is 10.1. The Bertz CT molecular complexity index is 357. The molecule has 5 heteroatoms. The van der Waals surface area contributed by atoms with Gasteiger partial charge in [-0.25, -0.2) is 0 Å². The van der Waals surface area contributed by atoms with Crippen molar-refractivity contribution in [2.45, 2.75) is 79.1 Å². The molecule has 0 saturated heterocycles. The molecule has 0 aliphatic rings. The molecule has 0 fully saturated rings. The van der Waals surface area contributed by atoms with Gasteiger partial charge in [0.25, 0.3) is 0 Å². The summed E-state index contributed by atoms with van der Waals surface area (Å²) in [7, 11) is 0. The van der Waals surface area contributed by atoms with E-state index in [-0.39, 0.29) is 0 Å². The third-order valence-electron chi connectivity index (χ3n) is 4.55. The molecule has 0 aromatic rings. The highest BCUT2D eigenvalue weighted by Crippen LogP contribution is 2.11. The van der Waals surface area contributed by atoms with E-state index in [0.29, 0.717) is 52.9 Å². The number of hydrogen-bond acceptors (Lipinski definition) is 5. The average molecular weight is 415 g/mol. The first-order chi connectivity index (χ1) is 14.3. The van der Waals surface area contributed by atoms with Gasteiger partial charge in [0, 0.05) is 0 Å². The molecule has 0 rings (SSSR count). The van der Waals surface area contributed by atoms with Crippen LogP contribution in [-0.4, -0.2) is 52.9 Å². The van der Waals surface area contributed by atoms with Crippen molar-refractivity contribution in [1.82, 2.24) is 0 Å². The zero-order chi connectivity index (χ0) is 21.4. The minimum Gasteiger partial charge on any atom is -0.499 e. The summed E-state index contributed by atoms with van der Waals surface area (Å²) < 4.78 is 27.6. The minimum absolute atomic E-state index is 0.576. The number of allylic oxidation sites excluding steroid dienone is 2. The summed E-state index contributed by atoms with van der Waals surface area (Å²) in [6.07, 6.45) is 13.1. The standard InChI is InChI=1S/C24H46O5/c1-5-9-11-23(7-3)21-28-19-17-26-15-13-25-14-16-27-18-20-29-22-24(8-4)12-10-6-2/h21-22H,5-20H2,1-4H3/b23-21+,24-22+. The number of rotatable bonds is 22. The second-order valence-corrected chi connectivity index (χ2v) is 7.05. The molecule has 0 unspecified atom stereocenters. The van der Waals surface area contributed by atoms with Crippen LogP contribution in [0.5, 0.6) is 0 Å². The Morgan fingerprint density at radius 3 is 1.17 bits per heavy atom. The van der Waals surface area contributed by atoms with Crippen molar-refractivity contribution < 1.29 is 23.7 Å². The van der Waals surface area contributed by atoms with Crippen molar-refractivity contribution in [3.8, 4) is 0 Å². The van der Waals surface area contributed by atoms with Crippen LogP contribution >= 0.6 is 0 Å². The molecule has 5 nitrogen and oxygen atoms in total. The molecule has 0 aliphatic carbocycles. The lowest BCUT2D eigenvalue weighted by Gasteiger charge is -2.08. The number of hydrogen-bond donors (Lipinski definition) is 0. The zero-order valence-electron chi connectivity index (χ0n) is 19.5. The van der Waals surface area contributed by atoms with E-state index < -0.39 is 0 Å². The summed E-state index contributed by atoms with van der Waals surface area (Å²) in [4.78, 5) is 0. The first kappa shape index (κ1) is 28.0. The fraction of sp³-hybridized carbons (Fsp3) is 0.833. The van der Waals surface area contributed by atoms with Gasteiger partial charge in [-0.1, -0.05) is 40.5 Å². The second kappa shape index (κ2) is 23.2. The van der Waals surface area contributed by atoms with Gasteiger partial charge in [-0.3, -0.25) is 0 Å². The van der Waals surface area contributed by atoms with Crippen molar-refractivity contribution in [2.24, 2.45) is 0 Å². The topological polar surface area (TPSA) is 46.2 Å². The van der Waals surface area contributed by atoms with Crippen LogP contribution in [0.4, 0.5) is 0 Å². The number of unbranched alkanes of at least 4 members (excludes halogenated alkanes) is 2. The van der Waals surface area contributed by atoms with E-state index in [0.717, 1.165) is 25.7 Å². The van der Waals surface area contributed by atoms with Gasteiger partial charge in [-0.05, 0) is 49.7 Å². The summed E-state index contributed by atoms with van der Waals surface area (Å²) in [5.74, 6) is 0. The lowest BCUT2D eigenvalue weighted by molar-refractivity contribution is 0.000248. The van der Waals surface area contributed by atoms with Gasteiger partial charge < -0.3 is 23.7 Å². The van der Waals surface area contributed by atoms with Crippen LogP contribution in [-0.2, 0) is 23.7 Å². The Hall–Kier alpha value is -1.04. The Labute approximate surface area is 179 Å². The highest BCUT2D eigenvalue weighted by atomic mass is 16.6. The van der Waals surface area contributed by atoms with Gasteiger partial charge in [0.05, 0.1) is 52.2 Å². The van der Waals surface area contributed by atoms with E-state index in [1.807, 2.05) is 12.5 Å². The van der Waals surface area contributed by atoms with Crippen molar-refractivity contribution in [3.05, 3.63) is 23.7 Å². The van der Waals surface area contributed by atoms with Crippen LogP contribution in [0.3, 0.4) is 0 Å². The smallest absolute Gasteiger partial charge is 0.111 e.